The summed E-state index contributed by atoms with van der Waals surface area (Å²) < 4.78 is 0. The standard InChI is InChI=1S/C21H38O/c1-2-3-4-9-16-20(17-18-12-7-5-8-13-18)21(22)19-14-10-6-11-15-19/h17-19,21-22H,2-16H2,1H3/b20-17+. The van der Waals surface area contributed by atoms with Gasteiger partial charge in [-0.1, -0.05) is 70.8 Å². The van der Waals surface area contributed by atoms with Crippen molar-refractivity contribution in [3.05, 3.63) is 11.6 Å². The monoisotopic (exact) mass is 306 g/mol. The number of hydrogen-bond donors (Lipinski definition) is 1. The second-order valence-corrected chi connectivity index (χ2v) is 7.79. The topological polar surface area (TPSA) is 20.2 Å². The highest BCUT2D eigenvalue weighted by atomic mass is 16.3. The summed E-state index contributed by atoms with van der Waals surface area (Å²) in [7, 11) is 0. The van der Waals surface area contributed by atoms with Gasteiger partial charge in [0.05, 0.1) is 6.10 Å². The van der Waals surface area contributed by atoms with Crippen LogP contribution in [0.5, 0.6) is 0 Å². The maximum absolute atomic E-state index is 11.0. The highest BCUT2D eigenvalue weighted by Crippen LogP contribution is 2.33. The summed E-state index contributed by atoms with van der Waals surface area (Å²) in [5, 5.41) is 11.0. The maximum Gasteiger partial charge on any atom is 0.0778 e. The van der Waals surface area contributed by atoms with Gasteiger partial charge < -0.3 is 5.11 Å². The molecule has 2 aliphatic rings. The van der Waals surface area contributed by atoms with Crippen LogP contribution in [0.4, 0.5) is 0 Å². The van der Waals surface area contributed by atoms with E-state index >= 15 is 0 Å². The molecule has 2 saturated carbocycles. The molecule has 2 fully saturated rings. The molecule has 1 N–H and O–H groups in total. The van der Waals surface area contributed by atoms with Gasteiger partial charge in [-0.2, -0.15) is 0 Å². The van der Waals surface area contributed by atoms with E-state index in [0.717, 1.165) is 12.3 Å². The lowest BCUT2D eigenvalue weighted by atomic mass is 9.79. The van der Waals surface area contributed by atoms with Crippen LogP contribution in [-0.4, -0.2) is 11.2 Å². The van der Waals surface area contributed by atoms with E-state index in [1.165, 1.54) is 95.5 Å². The van der Waals surface area contributed by atoms with Gasteiger partial charge in [-0.15, -0.1) is 0 Å². The Morgan fingerprint density at radius 2 is 1.55 bits per heavy atom. The van der Waals surface area contributed by atoms with E-state index in [2.05, 4.69) is 13.0 Å². The first-order chi connectivity index (χ1) is 10.8. The fourth-order valence-electron chi connectivity index (χ4n) is 4.44. The quantitative estimate of drug-likeness (QED) is 0.406. The van der Waals surface area contributed by atoms with E-state index in [1.807, 2.05) is 0 Å². The summed E-state index contributed by atoms with van der Waals surface area (Å²) in [6, 6.07) is 0. The lowest BCUT2D eigenvalue weighted by Gasteiger charge is -2.30. The number of rotatable bonds is 8. The summed E-state index contributed by atoms with van der Waals surface area (Å²) in [5.41, 5.74) is 1.41. The van der Waals surface area contributed by atoms with Gasteiger partial charge in [-0.05, 0) is 55.9 Å². The molecule has 2 aliphatic carbocycles. The molecule has 22 heavy (non-hydrogen) atoms. The predicted octanol–water partition coefficient (Wildman–Crippen LogP) is 6.40. The third-order valence-electron chi connectivity index (χ3n) is 5.89. The predicted molar refractivity (Wildman–Crippen MR) is 96.0 cm³/mol. The molecule has 0 saturated heterocycles. The molecule has 1 heteroatoms. The summed E-state index contributed by atoms with van der Waals surface area (Å²) in [6.45, 7) is 2.27. The third kappa shape index (κ3) is 6.07. The summed E-state index contributed by atoms with van der Waals surface area (Å²) in [4.78, 5) is 0. The Labute approximate surface area is 138 Å². The molecule has 0 heterocycles. The molecule has 0 amide bonds. The Kier molecular flexibility index (Phi) is 8.59. The second-order valence-electron chi connectivity index (χ2n) is 7.79. The summed E-state index contributed by atoms with van der Waals surface area (Å²) in [5.74, 6) is 1.31. The zero-order valence-corrected chi connectivity index (χ0v) is 14.9. The minimum Gasteiger partial charge on any atom is -0.388 e. The first-order valence-electron chi connectivity index (χ1n) is 10.2. The lowest BCUT2D eigenvalue weighted by molar-refractivity contribution is 0.111. The van der Waals surface area contributed by atoms with Gasteiger partial charge in [0.25, 0.3) is 0 Å². The van der Waals surface area contributed by atoms with Crippen molar-refractivity contribution in [2.75, 3.05) is 0 Å². The van der Waals surface area contributed by atoms with Crippen molar-refractivity contribution in [3.63, 3.8) is 0 Å². The molecule has 0 radical (unpaired) electrons. The fraction of sp³-hybridized carbons (Fsp3) is 0.905. The van der Waals surface area contributed by atoms with Crippen LogP contribution in [0.25, 0.3) is 0 Å². The van der Waals surface area contributed by atoms with Crippen LogP contribution in [0.1, 0.15) is 103 Å². The molecule has 0 aromatic heterocycles. The van der Waals surface area contributed by atoms with Crippen molar-refractivity contribution in [1.82, 2.24) is 0 Å². The van der Waals surface area contributed by atoms with Crippen molar-refractivity contribution in [2.45, 2.75) is 109 Å². The Morgan fingerprint density at radius 1 is 0.909 bits per heavy atom. The van der Waals surface area contributed by atoms with E-state index in [0.29, 0.717) is 5.92 Å². The normalized spacial score (nSPS) is 23.6. The van der Waals surface area contributed by atoms with Crippen LogP contribution in [-0.2, 0) is 0 Å². The Hall–Kier alpha value is -0.300. The summed E-state index contributed by atoms with van der Waals surface area (Å²) >= 11 is 0. The van der Waals surface area contributed by atoms with E-state index in [1.54, 1.807) is 0 Å². The van der Waals surface area contributed by atoms with Gasteiger partial charge >= 0.3 is 0 Å². The molecular formula is C21H38O. The number of unbranched alkanes of at least 4 members (excludes halogenated alkanes) is 3. The van der Waals surface area contributed by atoms with Gasteiger partial charge in [-0.3, -0.25) is 0 Å². The lowest BCUT2D eigenvalue weighted by Crippen LogP contribution is -2.25. The molecule has 0 aromatic rings. The molecule has 0 aromatic carbocycles. The van der Waals surface area contributed by atoms with Crippen LogP contribution in [0.3, 0.4) is 0 Å². The van der Waals surface area contributed by atoms with Crippen LogP contribution < -0.4 is 0 Å². The minimum atomic E-state index is -0.135. The van der Waals surface area contributed by atoms with E-state index < -0.39 is 0 Å². The zero-order chi connectivity index (χ0) is 15.6. The van der Waals surface area contributed by atoms with Crippen LogP contribution in [0, 0.1) is 11.8 Å². The number of aliphatic hydroxyl groups is 1. The van der Waals surface area contributed by atoms with Gasteiger partial charge in [0.15, 0.2) is 0 Å². The molecule has 1 nitrogen and oxygen atoms in total. The molecule has 1 atom stereocenters. The Bertz CT molecular complexity index is 308. The first kappa shape index (κ1) is 18.0. The molecular weight excluding hydrogens is 268 g/mol. The van der Waals surface area contributed by atoms with Crippen LogP contribution in [0.2, 0.25) is 0 Å². The average molecular weight is 307 g/mol. The van der Waals surface area contributed by atoms with Crippen molar-refractivity contribution in [1.29, 1.82) is 0 Å². The van der Waals surface area contributed by atoms with Crippen LogP contribution >= 0.6 is 0 Å². The van der Waals surface area contributed by atoms with E-state index in [-0.39, 0.29) is 6.10 Å². The van der Waals surface area contributed by atoms with Crippen molar-refractivity contribution >= 4 is 0 Å². The number of allylic oxidation sites excluding steroid dienone is 1. The molecule has 2 rings (SSSR count). The molecule has 0 spiro atoms. The van der Waals surface area contributed by atoms with Gasteiger partial charge in [0.1, 0.15) is 0 Å². The first-order valence-corrected chi connectivity index (χ1v) is 10.2. The average Bonchev–Trinajstić information content (AvgIpc) is 2.59. The summed E-state index contributed by atoms with van der Waals surface area (Å²) in [6.07, 6.45) is 22.2. The molecule has 1 unspecified atom stereocenters. The fourth-order valence-corrected chi connectivity index (χ4v) is 4.44. The second kappa shape index (κ2) is 10.5. The van der Waals surface area contributed by atoms with E-state index in [4.69, 9.17) is 0 Å². The van der Waals surface area contributed by atoms with Crippen molar-refractivity contribution in [2.24, 2.45) is 11.8 Å². The highest BCUT2D eigenvalue weighted by molar-refractivity contribution is 5.12. The molecule has 0 bridgehead atoms. The highest BCUT2D eigenvalue weighted by Gasteiger charge is 2.25. The Balaban J connectivity index is 1.93. The van der Waals surface area contributed by atoms with Crippen molar-refractivity contribution in [3.8, 4) is 0 Å². The number of hydrogen-bond acceptors (Lipinski definition) is 1. The number of aliphatic hydroxyl groups excluding tert-OH is 1. The van der Waals surface area contributed by atoms with Gasteiger partial charge in [0.2, 0.25) is 0 Å². The smallest absolute Gasteiger partial charge is 0.0778 e. The van der Waals surface area contributed by atoms with E-state index in [9.17, 15) is 5.11 Å². The van der Waals surface area contributed by atoms with Crippen molar-refractivity contribution < 1.29 is 5.11 Å². The maximum atomic E-state index is 11.0. The minimum absolute atomic E-state index is 0.135. The molecule has 0 aliphatic heterocycles. The Morgan fingerprint density at radius 3 is 2.18 bits per heavy atom. The van der Waals surface area contributed by atoms with Crippen LogP contribution in [0.15, 0.2) is 11.6 Å². The zero-order valence-electron chi connectivity index (χ0n) is 14.9. The SMILES string of the molecule is CCCCCC/C(=C\C1CCCCC1)C(O)C1CCCCC1. The largest absolute Gasteiger partial charge is 0.388 e. The van der Waals surface area contributed by atoms with Gasteiger partial charge in [0, 0.05) is 0 Å². The van der Waals surface area contributed by atoms with Gasteiger partial charge in [-0.25, -0.2) is 0 Å². The third-order valence-corrected chi connectivity index (χ3v) is 5.89. The molecule has 128 valence electrons.